The number of nitro groups is 1. The predicted molar refractivity (Wildman–Crippen MR) is 98.7 cm³/mol. The Bertz CT molecular complexity index is 698. The molecule has 27 heavy (non-hydrogen) atoms. The first-order valence-corrected chi connectivity index (χ1v) is 9.21. The van der Waals surface area contributed by atoms with Crippen LogP contribution in [0.2, 0.25) is 0 Å². The maximum absolute atomic E-state index is 12.4. The summed E-state index contributed by atoms with van der Waals surface area (Å²) in [4.78, 5) is 35.5. The Labute approximate surface area is 158 Å². The SMILES string of the molecule is Cc1cc(OCCCC(=O)N(C(C)O)C2CCCC2)cc([N+](=O)[O-])c1C=O. The van der Waals surface area contributed by atoms with E-state index in [0.717, 1.165) is 25.7 Å². The molecule has 0 heterocycles. The Morgan fingerprint density at radius 3 is 2.67 bits per heavy atom. The van der Waals surface area contributed by atoms with Crippen molar-refractivity contribution >= 4 is 17.9 Å². The number of aldehydes is 1. The fourth-order valence-electron chi connectivity index (χ4n) is 3.58. The standard InChI is InChI=1S/C19H26N2O6/c1-13-10-16(11-18(21(25)26)17(13)12-22)27-9-5-8-19(24)20(14(2)23)15-6-3-4-7-15/h10-12,14-15,23H,3-9H2,1-2H3. The van der Waals surface area contributed by atoms with Gasteiger partial charge in [0.05, 0.1) is 23.2 Å². The van der Waals surface area contributed by atoms with Crippen LogP contribution in [0.3, 0.4) is 0 Å². The molecule has 8 nitrogen and oxygen atoms in total. The van der Waals surface area contributed by atoms with Crippen LogP contribution in [0.5, 0.6) is 5.75 Å². The summed E-state index contributed by atoms with van der Waals surface area (Å²) in [5, 5.41) is 21.0. The Kier molecular flexibility index (Phi) is 7.29. The molecule has 1 atom stereocenters. The van der Waals surface area contributed by atoms with Crippen molar-refractivity contribution in [1.29, 1.82) is 0 Å². The number of amides is 1. The van der Waals surface area contributed by atoms with Crippen LogP contribution in [0.1, 0.15) is 61.4 Å². The van der Waals surface area contributed by atoms with Crippen molar-refractivity contribution in [2.45, 2.75) is 64.6 Å². The van der Waals surface area contributed by atoms with Crippen LogP contribution in [-0.2, 0) is 4.79 Å². The molecule has 1 aromatic carbocycles. The molecule has 0 aliphatic heterocycles. The lowest BCUT2D eigenvalue weighted by molar-refractivity contribution is -0.385. The highest BCUT2D eigenvalue weighted by Gasteiger charge is 2.29. The molecule has 1 aliphatic rings. The summed E-state index contributed by atoms with van der Waals surface area (Å²) in [6.45, 7) is 3.42. The highest BCUT2D eigenvalue weighted by atomic mass is 16.6. The van der Waals surface area contributed by atoms with Crippen molar-refractivity contribution in [3.63, 3.8) is 0 Å². The summed E-state index contributed by atoms with van der Waals surface area (Å²) in [5.41, 5.74) is 0.205. The maximum atomic E-state index is 12.4. The van der Waals surface area contributed by atoms with E-state index in [1.165, 1.54) is 6.07 Å². The first kappa shape index (κ1) is 20.8. The maximum Gasteiger partial charge on any atom is 0.283 e. The molecular weight excluding hydrogens is 352 g/mol. The van der Waals surface area contributed by atoms with Gasteiger partial charge < -0.3 is 14.7 Å². The van der Waals surface area contributed by atoms with Gasteiger partial charge in [-0.2, -0.15) is 0 Å². The van der Waals surface area contributed by atoms with E-state index in [1.807, 2.05) is 0 Å². The van der Waals surface area contributed by atoms with Crippen molar-refractivity contribution in [3.8, 4) is 5.75 Å². The molecule has 1 N–H and O–H groups in total. The number of benzene rings is 1. The highest BCUT2D eigenvalue weighted by molar-refractivity contribution is 5.84. The summed E-state index contributed by atoms with van der Waals surface area (Å²) >= 11 is 0. The van der Waals surface area contributed by atoms with Gasteiger partial charge in [-0.25, -0.2) is 0 Å². The monoisotopic (exact) mass is 378 g/mol. The quantitative estimate of drug-likeness (QED) is 0.233. The summed E-state index contributed by atoms with van der Waals surface area (Å²) in [6, 6.07) is 2.89. The van der Waals surface area contributed by atoms with Crippen molar-refractivity contribution in [2.24, 2.45) is 0 Å². The molecule has 0 saturated heterocycles. The van der Waals surface area contributed by atoms with Gasteiger partial charge in [-0.3, -0.25) is 19.7 Å². The molecule has 1 unspecified atom stereocenters. The van der Waals surface area contributed by atoms with E-state index in [2.05, 4.69) is 0 Å². The van der Waals surface area contributed by atoms with E-state index in [9.17, 15) is 24.8 Å². The summed E-state index contributed by atoms with van der Waals surface area (Å²) in [7, 11) is 0. The molecule has 0 spiro atoms. The van der Waals surface area contributed by atoms with Crippen molar-refractivity contribution in [2.75, 3.05) is 6.61 Å². The second-order valence-corrected chi connectivity index (χ2v) is 6.87. The van der Waals surface area contributed by atoms with E-state index in [-0.39, 0.29) is 36.2 Å². The van der Waals surface area contributed by atoms with Crippen LogP contribution >= 0.6 is 0 Å². The number of hydrogen-bond acceptors (Lipinski definition) is 6. The van der Waals surface area contributed by atoms with Crippen LogP contribution in [0, 0.1) is 17.0 Å². The third-order valence-corrected chi connectivity index (χ3v) is 4.87. The second kappa shape index (κ2) is 9.45. The summed E-state index contributed by atoms with van der Waals surface area (Å²) in [6.07, 6.45) is 4.27. The number of hydrogen-bond donors (Lipinski definition) is 1. The smallest absolute Gasteiger partial charge is 0.283 e. The van der Waals surface area contributed by atoms with Gasteiger partial charge in [0.2, 0.25) is 5.91 Å². The van der Waals surface area contributed by atoms with Gasteiger partial charge in [-0.15, -0.1) is 0 Å². The van der Waals surface area contributed by atoms with Crippen molar-refractivity contribution in [1.82, 2.24) is 4.90 Å². The van der Waals surface area contributed by atoms with Crippen LogP contribution in [0.25, 0.3) is 0 Å². The Morgan fingerprint density at radius 1 is 1.44 bits per heavy atom. The minimum Gasteiger partial charge on any atom is -0.493 e. The van der Waals surface area contributed by atoms with Crippen molar-refractivity contribution in [3.05, 3.63) is 33.4 Å². The van der Waals surface area contributed by atoms with Crippen LogP contribution in [0.15, 0.2) is 12.1 Å². The average molecular weight is 378 g/mol. The topological polar surface area (TPSA) is 110 Å². The first-order chi connectivity index (χ1) is 12.8. The van der Waals surface area contributed by atoms with Crippen LogP contribution < -0.4 is 4.74 Å². The summed E-state index contributed by atoms with van der Waals surface area (Å²) < 4.78 is 5.54. The molecule has 1 saturated carbocycles. The van der Waals surface area contributed by atoms with Gasteiger partial charge >= 0.3 is 0 Å². The lowest BCUT2D eigenvalue weighted by atomic mass is 10.1. The molecule has 1 aliphatic carbocycles. The van der Waals surface area contributed by atoms with Gasteiger partial charge in [0, 0.05) is 12.5 Å². The normalized spacial score (nSPS) is 15.4. The minimum absolute atomic E-state index is 0.0340. The number of aryl methyl sites for hydroxylation is 1. The average Bonchev–Trinajstić information content (AvgIpc) is 3.12. The van der Waals surface area contributed by atoms with E-state index in [1.54, 1.807) is 24.8 Å². The number of ether oxygens (including phenoxy) is 1. The van der Waals surface area contributed by atoms with Gasteiger partial charge in [0.25, 0.3) is 5.69 Å². The highest BCUT2D eigenvalue weighted by Crippen LogP contribution is 2.28. The van der Waals surface area contributed by atoms with Gasteiger partial charge in [0.15, 0.2) is 6.29 Å². The fourth-order valence-corrected chi connectivity index (χ4v) is 3.58. The van der Waals surface area contributed by atoms with Crippen LogP contribution in [-0.4, -0.2) is 46.0 Å². The number of carbonyl (C=O) groups excluding carboxylic acids is 2. The first-order valence-electron chi connectivity index (χ1n) is 9.21. The van der Waals surface area contributed by atoms with E-state index < -0.39 is 11.2 Å². The van der Waals surface area contributed by atoms with Gasteiger partial charge in [-0.05, 0) is 44.7 Å². The zero-order chi connectivity index (χ0) is 20.0. The number of aliphatic hydroxyl groups excluding tert-OH is 1. The molecule has 0 bridgehead atoms. The summed E-state index contributed by atoms with van der Waals surface area (Å²) in [5.74, 6) is 0.180. The zero-order valence-electron chi connectivity index (χ0n) is 15.7. The van der Waals surface area contributed by atoms with E-state index in [4.69, 9.17) is 4.74 Å². The number of nitrogens with zero attached hydrogens (tertiary/aromatic N) is 2. The zero-order valence-corrected chi connectivity index (χ0v) is 15.7. The van der Waals surface area contributed by atoms with Crippen LogP contribution in [0.4, 0.5) is 5.69 Å². The minimum atomic E-state index is -0.817. The van der Waals surface area contributed by atoms with Gasteiger partial charge in [0.1, 0.15) is 12.0 Å². The van der Waals surface area contributed by atoms with E-state index >= 15 is 0 Å². The Hall–Kier alpha value is -2.48. The number of carbonyl (C=O) groups is 2. The molecule has 8 heteroatoms. The molecule has 1 amide bonds. The molecule has 2 rings (SSSR count). The number of aliphatic hydroxyl groups is 1. The van der Waals surface area contributed by atoms with Gasteiger partial charge in [-0.1, -0.05) is 12.8 Å². The molecule has 148 valence electrons. The molecule has 1 aromatic rings. The molecular formula is C19H26N2O6. The third kappa shape index (κ3) is 5.26. The molecule has 1 fully saturated rings. The van der Waals surface area contributed by atoms with Crippen molar-refractivity contribution < 1.29 is 24.4 Å². The Balaban J connectivity index is 1.91. The lowest BCUT2D eigenvalue weighted by Gasteiger charge is -2.31. The number of nitro benzene ring substituents is 1. The third-order valence-electron chi connectivity index (χ3n) is 4.87. The number of rotatable bonds is 9. The molecule has 0 aromatic heterocycles. The van der Waals surface area contributed by atoms with E-state index in [0.29, 0.717) is 24.0 Å². The Morgan fingerprint density at radius 2 is 2.11 bits per heavy atom. The lowest BCUT2D eigenvalue weighted by Crippen LogP contribution is -2.44. The molecule has 0 radical (unpaired) electrons. The fraction of sp³-hybridized carbons (Fsp3) is 0.579. The predicted octanol–water partition coefficient (Wildman–Crippen LogP) is 2.98. The largest absolute Gasteiger partial charge is 0.493 e. The second-order valence-electron chi connectivity index (χ2n) is 6.87.